The third kappa shape index (κ3) is 3.25. The topological polar surface area (TPSA) is 105 Å². The van der Waals surface area contributed by atoms with Crippen LogP contribution in [0.5, 0.6) is 0 Å². The van der Waals surface area contributed by atoms with Gasteiger partial charge in [0.2, 0.25) is 0 Å². The minimum atomic E-state index is -0.607. The van der Waals surface area contributed by atoms with Crippen LogP contribution in [0.2, 0.25) is 0 Å². The van der Waals surface area contributed by atoms with Crippen LogP contribution in [-0.2, 0) is 4.74 Å². The summed E-state index contributed by atoms with van der Waals surface area (Å²) in [5.74, 6) is -1.05. The number of aliphatic imine (C=N–C) groups is 1. The monoisotopic (exact) mass is 435 g/mol. The average molecular weight is 435 g/mol. The van der Waals surface area contributed by atoms with Crippen molar-refractivity contribution in [3.63, 3.8) is 0 Å². The summed E-state index contributed by atoms with van der Waals surface area (Å²) in [7, 11) is 0. The molecule has 1 aliphatic rings. The molecular weight excluding hydrogens is 416 g/mol. The molecule has 162 valence electrons. The molecule has 0 spiro atoms. The van der Waals surface area contributed by atoms with Crippen molar-refractivity contribution in [2.24, 2.45) is 10.7 Å². The van der Waals surface area contributed by atoms with Crippen LogP contribution in [0.4, 0.5) is 14.5 Å². The summed E-state index contributed by atoms with van der Waals surface area (Å²) in [5, 5.41) is 7.35. The first kappa shape index (κ1) is 20.0. The zero-order valence-corrected chi connectivity index (χ0v) is 16.9. The molecule has 0 saturated carbocycles. The fourth-order valence-electron chi connectivity index (χ4n) is 4.01. The van der Waals surface area contributed by atoms with Crippen molar-refractivity contribution in [3.8, 4) is 5.69 Å². The van der Waals surface area contributed by atoms with Gasteiger partial charge in [-0.25, -0.2) is 18.8 Å². The number of fused-ring (bicyclic) bond motifs is 2. The van der Waals surface area contributed by atoms with Gasteiger partial charge in [0.05, 0.1) is 35.3 Å². The molecule has 8 nitrogen and oxygen atoms in total. The third-order valence-corrected chi connectivity index (χ3v) is 5.52. The highest BCUT2D eigenvalue weighted by molar-refractivity contribution is 6.10. The minimum Gasteiger partial charge on any atom is -0.383 e. The van der Waals surface area contributed by atoms with Gasteiger partial charge in [-0.05, 0) is 30.3 Å². The molecule has 32 heavy (non-hydrogen) atoms. The summed E-state index contributed by atoms with van der Waals surface area (Å²) in [5.41, 5.74) is 9.08. The molecular formula is C22H19F2N7O. The van der Waals surface area contributed by atoms with Crippen LogP contribution in [-0.4, -0.2) is 53.0 Å². The lowest BCUT2D eigenvalue weighted by Crippen LogP contribution is -2.36. The number of benzene rings is 2. The molecule has 1 saturated heterocycles. The molecule has 1 fully saturated rings. The number of anilines is 1. The van der Waals surface area contributed by atoms with Gasteiger partial charge in [0.15, 0.2) is 0 Å². The Morgan fingerprint density at radius 3 is 2.66 bits per heavy atom. The maximum absolute atomic E-state index is 14.8. The number of ether oxygens (including phenoxy) is 1. The lowest BCUT2D eigenvalue weighted by molar-refractivity contribution is 0.122. The van der Waals surface area contributed by atoms with Crippen LogP contribution in [0.25, 0.3) is 27.6 Å². The van der Waals surface area contributed by atoms with Gasteiger partial charge in [0, 0.05) is 30.5 Å². The lowest BCUT2D eigenvalue weighted by Gasteiger charge is -2.29. The maximum Gasteiger partial charge on any atom is 0.149 e. The van der Waals surface area contributed by atoms with E-state index >= 15 is 0 Å². The zero-order chi connectivity index (χ0) is 22.2. The molecule has 0 bridgehead atoms. The molecule has 0 unspecified atom stereocenters. The van der Waals surface area contributed by atoms with Gasteiger partial charge in [-0.3, -0.25) is 15.0 Å². The molecule has 0 radical (unpaired) electrons. The highest BCUT2D eigenvalue weighted by atomic mass is 19.1. The van der Waals surface area contributed by atoms with Crippen molar-refractivity contribution in [3.05, 3.63) is 60.1 Å². The van der Waals surface area contributed by atoms with Crippen LogP contribution >= 0.6 is 0 Å². The SMILES string of the molecule is N=CN=C(N)c1cc(N2CCOCC2)cc2c1ncn2-c1ccnc2c(F)ccc(F)c12. The zero-order valence-electron chi connectivity index (χ0n) is 16.9. The predicted molar refractivity (Wildman–Crippen MR) is 119 cm³/mol. The molecule has 3 heterocycles. The smallest absolute Gasteiger partial charge is 0.149 e. The number of hydrogen-bond acceptors (Lipinski definition) is 5. The molecule has 10 heteroatoms. The Balaban J connectivity index is 1.80. The van der Waals surface area contributed by atoms with E-state index in [9.17, 15) is 8.78 Å². The number of nitrogens with zero attached hydrogens (tertiary/aromatic N) is 5. The fourth-order valence-corrected chi connectivity index (χ4v) is 4.01. The summed E-state index contributed by atoms with van der Waals surface area (Å²) in [6.45, 7) is 2.57. The number of amidine groups is 1. The van der Waals surface area contributed by atoms with Gasteiger partial charge in [0.25, 0.3) is 0 Å². The maximum atomic E-state index is 14.8. The standard InChI is InChI=1S/C22H19F2N7O/c23-15-1-2-16(24)21-19(15)17(3-4-27-21)31-12-29-20-14(22(26)28-11-25)9-13(10-18(20)31)30-5-7-32-8-6-30/h1-4,9-12H,5-8H2,(H3,25,26,28). The summed E-state index contributed by atoms with van der Waals surface area (Å²) in [6, 6.07) is 7.56. The average Bonchev–Trinajstić information content (AvgIpc) is 3.25. The van der Waals surface area contributed by atoms with E-state index in [-0.39, 0.29) is 16.7 Å². The number of imidazole rings is 1. The van der Waals surface area contributed by atoms with E-state index in [1.54, 1.807) is 10.6 Å². The fraction of sp³-hybridized carbons (Fsp3) is 0.182. The molecule has 0 atom stereocenters. The lowest BCUT2D eigenvalue weighted by atomic mass is 10.1. The van der Waals surface area contributed by atoms with Crippen LogP contribution < -0.4 is 10.6 Å². The number of aromatic nitrogens is 3. The van der Waals surface area contributed by atoms with Crippen molar-refractivity contribution < 1.29 is 13.5 Å². The van der Waals surface area contributed by atoms with Crippen LogP contribution in [0.1, 0.15) is 5.56 Å². The molecule has 5 rings (SSSR count). The van der Waals surface area contributed by atoms with Crippen molar-refractivity contribution in [1.29, 1.82) is 5.41 Å². The van der Waals surface area contributed by atoms with E-state index in [0.29, 0.717) is 48.6 Å². The highest BCUT2D eigenvalue weighted by Gasteiger charge is 2.20. The van der Waals surface area contributed by atoms with E-state index in [4.69, 9.17) is 15.9 Å². The van der Waals surface area contributed by atoms with E-state index < -0.39 is 11.6 Å². The van der Waals surface area contributed by atoms with E-state index in [2.05, 4.69) is 19.9 Å². The second-order valence-corrected chi connectivity index (χ2v) is 7.30. The number of hydrogen-bond donors (Lipinski definition) is 2. The van der Waals surface area contributed by atoms with Crippen LogP contribution in [0.15, 0.2) is 47.8 Å². The second kappa shape index (κ2) is 7.97. The molecule has 1 aliphatic heterocycles. The van der Waals surface area contributed by atoms with Crippen molar-refractivity contribution in [1.82, 2.24) is 14.5 Å². The number of nitrogens with two attached hydrogens (primary N) is 1. The van der Waals surface area contributed by atoms with Gasteiger partial charge in [-0.2, -0.15) is 0 Å². The highest BCUT2D eigenvalue weighted by Crippen LogP contribution is 2.32. The predicted octanol–water partition coefficient (Wildman–Crippen LogP) is 3.00. The van der Waals surface area contributed by atoms with Gasteiger partial charge in [-0.1, -0.05) is 0 Å². The molecule has 0 amide bonds. The third-order valence-electron chi connectivity index (χ3n) is 5.52. The van der Waals surface area contributed by atoms with E-state index in [1.807, 2.05) is 12.1 Å². The Bertz CT molecular complexity index is 1380. The van der Waals surface area contributed by atoms with Crippen LogP contribution in [0.3, 0.4) is 0 Å². The number of halogens is 2. The Morgan fingerprint density at radius 2 is 1.88 bits per heavy atom. The normalized spacial score (nSPS) is 14.9. The second-order valence-electron chi connectivity index (χ2n) is 7.30. The number of nitrogens with one attached hydrogen (secondary N) is 1. The van der Waals surface area contributed by atoms with Crippen LogP contribution in [0, 0.1) is 17.0 Å². The molecule has 4 aromatic rings. The summed E-state index contributed by atoms with van der Waals surface area (Å²) < 4.78 is 36.2. The summed E-state index contributed by atoms with van der Waals surface area (Å²) in [6.07, 6.45) is 3.84. The molecule has 3 N–H and O–H groups in total. The van der Waals surface area contributed by atoms with E-state index in [0.717, 1.165) is 24.2 Å². The summed E-state index contributed by atoms with van der Waals surface area (Å²) >= 11 is 0. The quantitative estimate of drug-likeness (QED) is 0.379. The molecule has 2 aromatic carbocycles. The Labute approximate surface area is 181 Å². The van der Waals surface area contributed by atoms with Gasteiger partial charge in [0.1, 0.15) is 35.7 Å². The van der Waals surface area contributed by atoms with Crippen molar-refractivity contribution in [2.45, 2.75) is 0 Å². The largest absolute Gasteiger partial charge is 0.383 e. The first-order chi connectivity index (χ1) is 15.6. The Kier molecular flexibility index (Phi) is 4.98. The first-order valence-corrected chi connectivity index (χ1v) is 9.98. The minimum absolute atomic E-state index is 0.0567. The number of rotatable bonds is 4. The Hall–Kier alpha value is -3.92. The first-order valence-electron chi connectivity index (χ1n) is 9.98. The van der Waals surface area contributed by atoms with Crippen molar-refractivity contribution in [2.75, 3.05) is 31.2 Å². The number of pyridine rings is 1. The van der Waals surface area contributed by atoms with Gasteiger partial charge >= 0.3 is 0 Å². The van der Waals surface area contributed by atoms with E-state index in [1.165, 1.54) is 12.5 Å². The Morgan fingerprint density at radius 1 is 1.09 bits per heavy atom. The summed E-state index contributed by atoms with van der Waals surface area (Å²) in [4.78, 5) is 14.6. The van der Waals surface area contributed by atoms with Gasteiger partial charge < -0.3 is 15.4 Å². The molecule has 0 aliphatic carbocycles. The molecule has 2 aromatic heterocycles. The van der Waals surface area contributed by atoms with Crippen molar-refractivity contribution >= 4 is 39.8 Å². The van der Waals surface area contributed by atoms with Gasteiger partial charge in [-0.15, -0.1) is 0 Å². The number of morpholine rings is 1.